The summed E-state index contributed by atoms with van der Waals surface area (Å²) in [6.07, 6.45) is 3.27. The van der Waals surface area contributed by atoms with Gasteiger partial charge < -0.3 is 9.47 Å². The van der Waals surface area contributed by atoms with E-state index < -0.39 is 10.0 Å². The summed E-state index contributed by atoms with van der Waals surface area (Å²) in [6, 6.07) is 7.31. The zero-order chi connectivity index (χ0) is 24.2. The molecule has 182 valence electrons. The molecule has 0 bridgehead atoms. The average molecular weight is 494 g/mol. The Bertz CT molecular complexity index is 1040. The van der Waals surface area contributed by atoms with E-state index in [1.165, 1.54) is 22.5 Å². The third kappa shape index (κ3) is 5.44. The molecule has 1 aromatic heterocycles. The number of carbonyl (C=O) groups is 1. The van der Waals surface area contributed by atoms with Crippen LogP contribution in [0.3, 0.4) is 0 Å². The molecule has 0 aliphatic carbocycles. The van der Waals surface area contributed by atoms with E-state index in [2.05, 4.69) is 24.0 Å². The van der Waals surface area contributed by atoms with Crippen molar-refractivity contribution in [1.82, 2.24) is 24.0 Å². The van der Waals surface area contributed by atoms with Crippen molar-refractivity contribution in [2.75, 3.05) is 18.8 Å². The van der Waals surface area contributed by atoms with Crippen LogP contribution in [0.2, 0.25) is 0 Å². The van der Waals surface area contributed by atoms with Crippen molar-refractivity contribution in [2.45, 2.75) is 82.6 Å². The number of hydrogen-bond acceptors (Lipinski definition) is 6. The number of likely N-dealkylation sites (tertiary alicyclic amines) is 1. The minimum atomic E-state index is -3.50. The van der Waals surface area contributed by atoms with Gasteiger partial charge >= 0.3 is 0 Å². The van der Waals surface area contributed by atoms with Gasteiger partial charge in [-0.1, -0.05) is 25.6 Å². The van der Waals surface area contributed by atoms with E-state index >= 15 is 0 Å². The Morgan fingerprint density at radius 2 is 1.67 bits per heavy atom. The van der Waals surface area contributed by atoms with E-state index in [1.54, 1.807) is 24.3 Å². The molecule has 1 aliphatic rings. The van der Waals surface area contributed by atoms with Crippen LogP contribution >= 0.6 is 11.8 Å². The fraction of sp³-hybridized carbons (Fsp3) is 0.609. The highest BCUT2D eigenvalue weighted by Gasteiger charge is 2.29. The van der Waals surface area contributed by atoms with Gasteiger partial charge in [0.2, 0.25) is 15.9 Å². The third-order valence-electron chi connectivity index (χ3n) is 6.30. The summed E-state index contributed by atoms with van der Waals surface area (Å²) in [4.78, 5) is 15.2. The van der Waals surface area contributed by atoms with E-state index in [0.717, 1.165) is 18.4 Å². The Kier molecular flexibility index (Phi) is 8.58. The number of aromatic nitrogens is 3. The minimum Gasteiger partial charge on any atom is -0.337 e. The molecule has 2 aromatic rings. The van der Waals surface area contributed by atoms with Gasteiger partial charge in [-0.3, -0.25) is 4.79 Å². The van der Waals surface area contributed by atoms with E-state index in [9.17, 15) is 13.2 Å². The molecule has 0 unspecified atom stereocenters. The summed E-state index contributed by atoms with van der Waals surface area (Å²) in [6.45, 7) is 11.4. The lowest BCUT2D eigenvalue weighted by Crippen LogP contribution is -2.48. The first-order chi connectivity index (χ1) is 15.7. The van der Waals surface area contributed by atoms with Gasteiger partial charge in [-0.15, -0.1) is 10.2 Å². The van der Waals surface area contributed by atoms with Gasteiger partial charge in [-0.25, -0.2) is 8.42 Å². The smallest absolute Gasteiger partial charge is 0.243 e. The van der Waals surface area contributed by atoms with Gasteiger partial charge in [0.25, 0.3) is 0 Å². The molecule has 0 N–H and O–H groups in total. The maximum absolute atomic E-state index is 12.9. The van der Waals surface area contributed by atoms with Gasteiger partial charge in [0.05, 0.1) is 10.6 Å². The van der Waals surface area contributed by atoms with Crippen molar-refractivity contribution in [3.8, 4) is 11.4 Å². The standard InChI is InChI=1S/C23H35N5O3S2/c1-6-26(7-2)33(30,31)20-14-12-19(13-15-20)22-24-25-23(27(22)8-3)32-16-21(29)28-17(4)10-9-11-18(28)5/h12-15,17-18H,6-11,16H2,1-5H3/t17-,18+. The molecule has 2 atom stereocenters. The summed E-state index contributed by atoms with van der Waals surface area (Å²) in [5.74, 6) is 1.13. The van der Waals surface area contributed by atoms with Gasteiger partial charge in [-0.2, -0.15) is 4.31 Å². The maximum atomic E-state index is 12.9. The highest BCUT2D eigenvalue weighted by atomic mass is 32.2. The summed E-state index contributed by atoms with van der Waals surface area (Å²) in [7, 11) is -3.50. The van der Waals surface area contributed by atoms with Crippen LogP contribution in [0.15, 0.2) is 34.3 Å². The van der Waals surface area contributed by atoms with Gasteiger partial charge in [-0.05, 0) is 64.3 Å². The molecule has 1 amide bonds. The molecule has 1 aromatic carbocycles. The molecule has 2 heterocycles. The number of nitrogens with zero attached hydrogens (tertiary/aromatic N) is 5. The number of amides is 1. The number of sulfonamides is 1. The third-order valence-corrected chi connectivity index (χ3v) is 9.31. The molecule has 0 saturated carbocycles. The SMILES string of the molecule is CCN(CC)S(=O)(=O)c1ccc(-c2nnc(SCC(=O)N3[C@H](C)CCC[C@@H]3C)n2CC)cc1. The molecule has 1 fully saturated rings. The van der Waals surface area contributed by atoms with Crippen molar-refractivity contribution < 1.29 is 13.2 Å². The lowest BCUT2D eigenvalue weighted by molar-refractivity contribution is -0.134. The van der Waals surface area contributed by atoms with Crippen molar-refractivity contribution >= 4 is 27.7 Å². The number of carbonyl (C=O) groups excluding carboxylic acids is 1. The lowest BCUT2D eigenvalue weighted by Gasteiger charge is -2.39. The average Bonchev–Trinajstić information content (AvgIpc) is 3.21. The first-order valence-electron chi connectivity index (χ1n) is 11.7. The topological polar surface area (TPSA) is 88.4 Å². The van der Waals surface area contributed by atoms with Crippen LogP contribution in [0.4, 0.5) is 0 Å². The number of hydrogen-bond donors (Lipinski definition) is 0. The zero-order valence-corrected chi connectivity index (χ0v) is 21.8. The molecular formula is C23H35N5O3S2. The largest absolute Gasteiger partial charge is 0.337 e. The maximum Gasteiger partial charge on any atom is 0.243 e. The van der Waals surface area contributed by atoms with Crippen molar-refractivity contribution in [2.24, 2.45) is 0 Å². The Morgan fingerprint density at radius 3 is 2.21 bits per heavy atom. The molecule has 0 spiro atoms. The summed E-state index contributed by atoms with van der Waals surface area (Å²) < 4.78 is 28.9. The van der Waals surface area contributed by atoms with Gasteiger partial charge in [0.1, 0.15) is 0 Å². The predicted octanol–water partition coefficient (Wildman–Crippen LogP) is 3.88. The van der Waals surface area contributed by atoms with E-state index in [4.69, 9.17) is 0 Å². The fourth-order valence-corrected chi connectivity index (χ4v) is 6.83. The Morgan fingerprint density at radius 1 is 1.06 bits per heavy atom. The monoisotopic (exact) mass is 493 g/mol. The summed E-state index contributed by atoms with van der Waals surface area (Å²) in [5, 5.41) is 9.36. The van der Waals surface area contributed by atoms with Gasteiger partial charge in [0.15, 0.2) is 11.0 Å². The number of thioether (sulfide) groups is 1. The van der Waals surface area contributed by atoms with Crippen LogP contribution < -0.4 is 0 Å². The molecule has 10 heteroatoms. The van der Waals surface area contributed by atoms with Crippen LogP contribution in [0.5, 0.6) is 0 Å². The second-order valence-electron chi connectivity index (χ2n) is 8.38. The second-order valence-corrected chi connectivity index (χ2v) is 11.3. The summed E-state index contributed by atoms with van der Waals surface area (Å²) >= 11 is 1.41. The van der Waals surface area contributed by atoms with E-state index in [1.807, 2.05) is 30.2 Å². The molecule has 33 heavy (non-hydrogen) atoms. The first-order valence-corrected chi connectivity index (χ1v) is 14.1. The van der Waals surface area contributed by atoms with Crippen LogP contribution in [-0.4, -0.2) is 69.2 Å². The van der Waals surface area contributed by atoms with E-state index in [-0.39, 0.29) is 22.9 Å². The molecule has 1 saturated heterocycles. The van der Waals surface area contributed by atoms with Gasteiger partial charge in [0, 0.05) is 37.3 Å². The number of piperidine rings is 1. The molecule has 0 radical (unpaired) electrons. The van der Waals surface area contributed by atoms with Crippen LogP contribution in [0, 0.1) is 0 Å². The highest BCUT2D eigenvalue weighted by Crippen LogP contribution is 2.28. The quantitative estimate of drug-likeness (QED) is 0.493. The van der Waals surface area contributed by atoms with Crippen molar-refractivity contribution in [1.29, 1.82) is 0 Å². The molecule has 3 rings (SSSR count). The van der Waals surface area contributed by atoms with Crippen molar-refractivity contribution in [3.05, 3.63) is 24.3 Å². The first kappa shape index (κ1) is 25.7. The molecular weight excluding hydrogens is 458 g/mol. The molecule has 1 aliphatic heterocycles. The number of rotatable bonds is 9. The Balaban J connectivity index is 1.76. The van der Waals surface area contributed by atoms with Crippen molar-refractivity contribution in [3.63, 3.8) is 0 Å². The fourth-order valence-electron chi connectivity index (χ4n) is 4.50. The predicted molar refractivity (Wildman–Crippen MR) is 132 cm³/mol. The normalized spacial score (nSPS) is 19.3. The van der Waals surface area contributed by atoms with Crippen LogP contribution in [0.25, 0.3) is 11.4 Å². The summed E-state index contributed by atoms with van der Waals surface area (Å²) in [5.41, 5.74) is 0.791. The second kappa shape index (κ2) is 11.0. The minimum absolute atomic E-state index is 0.137. The highest BCUT2D eigenvalue weighted by molar-refractivity contribution is 7.99. The number of benzene rings is 1. The Labute approximate surface area is 201 Å². The van der Waals surface area contributed by atoms with E-state index in [0.29, 0.717) is 36.4 Å². The zero-order valence-electron chi connectivity index (χ0n) is 20.2. The molecule has 8 nitrogen and oxygen atoms in total. The lowest BCUT2D eigenvalue weighted by atomic mass is 9.98. The Hall–Kier alpha value is -1.91. The van der Waals surface area contributed by atoms with Crippen LogP contribution in [-0.2, 0) is 21.4 Å². The van der Waals surface area contributed by atoms with Crippen LogP contribution in [0.1, 0.15) is 53.9 Å².